The maximum Gasteiger partial charge on any atom is 0.243 e. The van der Waals surface area contributed by atoms with Crippen molar-refractivity contribution >= 4 is 11.8 Å². The zero-order chi connectivity index (χ0) is 32.1. The quantitative estimate of drug-likeness (QED) is 0.144. The zero-order valence-corrected chi connectivity index (χ0v) is 26.5. The predicted molar refractivity (Wildman–Crippen MR) is 175 cm³/mol. The van der Waals surface area contributed by atoms with Gasteiger partial charge in [-0.3, -0.25) is 14.8 Å². The molecule has 0 aliphatic carbocycles. The van der Waals surface area contributed by atoms with Gasteiger partial charge in [-0.25, -0.2) is 5.48 Å². The molecule has 2 saturated heterocycles. The minimum atomic E-state index is -0.522. The molecule has 5 rings (SSSR count). The molecule has 0 radical (unpaired) electrons. The Labute approximate surface area is 271 Å². The van der Waals surface area contributed by atoms with Crippen LogP contribution in [0.4, 0.5) is 0 Å². The fourth-order valence-electron chi connectivity index (χ4n) is 6.30. The van der Waals surface area contributed by atoms with Crippen LogP contribution >= 0.6 is 0 Å². The summed E-state index contributed by atoms with van der Waals surface area (Å²) in [6, 6.07) is 24.4. The lowest BCUT2D eigenvalue weighted by atomic mass is 9.98. The van der Waals surface area contributed by atoms with Gasteiger partial charge in [-0.2, -0.15) is 0 Å². The predicted octanol–water partition coefficient (Wildman–Crippen LogP) is 5.95. The molecule has 0 bridgehead atoms. The van der Waals surface area contributed by atoms with Crippen molar-refractivity contribution in [3.8, 4) is 11.1 Å². The molecule has 3 atom stereocenters. The summed E-state index contributed by atoms with van der Waals surface area (Å²) < 4.78 is 13.3. The first-order chi connectivity index (χ1) is 22.5. The lowest BCUT2D eigenvalue weighted by Gasteiger charge is -2.39. The Kier molecular flexibility index (Phi) is 12.7. The van der Waals surface area contributed by atoms with Gasteiger partial charge >= 0.3 is 0 Å². The minimum Gasteiger partial charge on any atom is -0.392 e. The molecule has 2 fully saturated rings. The van der Waals surface area contributed by atoms with Gasteiger partial charge in [0.15, 0.2) is 6.29 Å². The standard InChI is InChI=1S/C37H47N3O6/c41-26-27-15-17-29(18-16-27)34-23-33(25-40-19-4-2-1-3-5-20-40)45-37(46-34)32-12-7-11-31(22-32)30-10-6-9-28(21-30)24-38-35(42)13-8-14-36(43)39-44/h6-7,9-12,15-18,21-22,33-34,37,41,44H,1-5,8,13-14,19-20,23-26H2,(H,38,42)(H,39,43)/t33-,34+,37+/m0/s1. The fraction of sp³-hybridized carbons (Fsp3) is 0.459. The van der Waals surface area contributed by atoms with Crippen LogP contribution in [0.3, 0.4) is 0 Å². The molecule has 246 valence electrons. The van der Waals surface area contributed by atoms with Crippen LogP contribution in [0.1, 0.15) is 92.4 Å². The van der Waals surface area contributed by atoms with Gasteiger partial charge in [-0.05, 0) is 72.3 Å². The number of nitrogens with one attached hydrogen (secondary N) is 2. The van der Waals surface area contributed by atoms with Crippen LogP contribution in [-0.2, 0) is 32.2 Å². The van der Waals surface area contributed by atoms with E-state index in [2.05, 4.69) is 52.7 Å². The Bertz CT molecular complexity index is 1410. The summed E-state index contributed by atoms with van der Waals surface area (Å²) in [5.41, 5.74) is 7.53. The minimum absolute atomic E-state index is 0.0149. The van der Waals surface area contributed by atoms with Gasteiger partial charge in [0.2, 0.25) is 11.8 Å². The number of amides is 2. The van der Waals surface area contributed by atoms with Crippen LogP contribution in [0.2, 0.25) is 0 Å². The molecular weight excluding hydrogens is 582 g/mol. The summed E-state index contributed by atoms with van der Waals surface area (Å²) in [5.74, 6) is -0.641. The Hall–Kier alpha value is -3.60. The van der Waals surface area contributed by atoms with Gasteiger partial charge in [-0.1, -0.05) is 79.9 Å². The highest BCUT2D eigenvalue weighted by Crippen LogP contribution is 2.39. The van der Waals surface area contributed by atoms with Crippen molar-refractivity contribution in [3.05, 3.63) is 95.1 Å². The highest BCUT2D eigenvalue weighted by molar-refractivity contribution is 5.78. The first-order valence-corrected chi connectivity index (χ1v) is 16.6. The Morgan fingerprint density at radius 2 is 1.48 bits per heavy atom. The molecule has 9 nitrogen and oxygen atoms in total. The normalized spacial score (nSPS) is 20.8. The number of hydrogen-bond donors (Lipinski definition) is 4. The van der Waals surface area contributed by atoms with E-state index in [1.165, 1.54) is 32.1 Å². The number of aliphatic hydroxyl groups excluding tert-OH is 1. The van der Waals surface area contributed by atoms with Gasteiger partial charge in [0.25, 0.3) is 0 Å². The smallest absolute Gasteiger partial charge is 0.243 e. The number of carbonyl (C=O) groups excluding carboxylic acids is 2. The summed E-state index contributed by atoms with van der Waals surface area (Å²) in [5, 5.41) is 21.1. The molecule has 2 aliphatic rings. The number of aliphatic hydroxyl groups is 1. The third-order valence-corrected chi connectivity index (χ3v) is 8.87. The molecule has 0 unspecified atom stereocenters. The summed E-state index contributed by atoms with van der Waals surface area (Å²) in [7, 11) is 0. The first-order valence-electron chi connectivity index (χ1n) is 16.6. The lowest BCUT2D eigenvalue weighted by Crippen LogP contribution is -2.40. The van der Waals surface area contributed by atoms with E-state index in [9.17, 15) is 14.7 Å². The third-order valence-electron chi connectivity index (χ3n) is 8.87. The highest BCUT2D eigenvalue weighted by atomic mass is 16.7. The van der Waals surface area contributed by atoms with E-state index in [0.717, 1.165) is 59.4 Å². The summed E-state index contributed by atoms with van der Waals surface area (Å²) in [6.45, 7) is 3.49. The third kappa shape index (κ3) is 9.95. The maximum atomic E-state index is 12.3. The molecule has 3 aromatic carbocycles. The number of hydrogen-bond acceptors (Lipinski definition) is 7. The van der Waals surface area contributed by atoms with Gasteiger partial charge in [0, 0.05) is 37.9 Å². The molecule has 0 saturated carbocycles. The van der Waals surface area contributed by atoms with Gasteiger partial charge in [0.05, 0.1) is 18.8 Å². The molecule has 46 heavy (non-hydrogen) atoms. The van der Waals surface area contributed by atoms with Crippen molar-refractivity contribution < 1.29 is 29.4 Å². The van der Waals surface area contributed by atoms with Gasteiger partial charge in [-0.15, -0.1) is 0 Å². The van der Waals surface area contributed by atoms with Crippen LogP contribution in [0, 0.1) is 0 Å². The molecule has 2 heterocycles. The van der Waals surface area contributed by atoms with Gasteiger partial charge in [0.1, 0.15) is 0 Å². The number of carbonyl (C=O) groups is 2. The van der Waals surface area contributed by atoms with E-state index in [1.54, 1.807) is 5.48 Å². The van der Waals surface area contributed by atoms with Crippen LogP contribution in [0.15, 0.2) is 72.8 Å². The first kappa shape index (κ1) is 33.8. The second-order valence-corrected chi connectivity index (χ2v) is 12.4. The Morgan fingerprint density at radius 3 is 2.22 bits per heavy atom. The maximum absolute atomic E-state index is 12.3. The van der Waals surface area contributed by atoms with E-state index >= 15 is 0 Å². The summed E-state index contributed by atoms with van der Waals surface area (Å²) in [6.07, 6.45) is 7.19. The number of ether oxygens (including phenoxy) is 2. The molecule has 2 aliphatic heterocycles. The van der Waals surface area contributed by atoms with Crippen LogP contribution < -0.4 is 10.8 Å². The van der Waals surface area contributed by atoms with E-state index in [1.807, 2.05) is 30.3 Å². The van der Waals surface area contributed by atoms with Crippen LogP contribution in [0.5, 0.6) is 0 Å². The Balaban J connectivity index is 1.29. The monoisotopic (exact) mass is 629 g/mol. The molecule has 4 N–H and O–H groups in total. The number of rotatable bonds is 12. The summed E-state index contributed by atoms with van der Waals surface area (Å²) in [4.78, 5) is 26.0. The number of nitrogens with zero attached hydrogens (tertiary/aromatic N) is 1. The van der Waals surface area contributed by atoms with Crippen LogP contribution in [-0.4, -0.2) is 52.8 Å². The second kappa shape index (κ2) is 17.4. The summed E-state index contributed by atoms with van der Waals surface area (Å²) >= 11 is 0. The van der Waals surface area contributed by atoms with Crippen molar-refractivity contribution in [2.45, 2.75) is 89.4 Å². The zero-order valence-electron chi connectivity index (χ0n) is 26.5. The average Bonchev–Trinajstić information content (AvgIpc) is 3.08. The van der Waals surface area contributed by atoms with E-state index in [4.69, 9.17) is 14.7 Å². The molecule has 2 amide bonds. The van der Waals surface area contributed by atoms with Crippen molar-refractivity contribution in [3.63, 3.8) is 0 Å². The highest BCUT2D eigenvalue weighted by Gasteiger charge is 2.33. The van der Waals surface area contributed by atoms with Gasteiger partial charge < -0.3 is 24.8 Å². The molecular formula is C37H47N3O6. The van der Waals surface area contributed by atoms with Crippen molar-refractivity contribution in [2.75, 3.05) is 19.6 Å². The molecule has 3 aromatic rings. The number of likely N-dealkylation sites (tertiary alicyclic amines) is 1. The van der Waals surface area contributed by atoms with E-state index < -0.39 is 12.2 Å². The lowest BCUT2D eigenvalue weighted by molar-refractivity contribution is -0.253. The van der Waals surface area contributed by atoms with Crippen LogP contribution in [0.25, 0.3) is 11.1 Å². The topological polar surface area (TPSA) is 120 Å². The largest absolute Gasteiger partial charge is 0.392 e. The average molecular weight is 630 g/mol. The van der Waals surface area contributed by atoms with Crippen molar-refractivity contribution in [1.29, 1.82) is 0 Å². The SMILES string of the molecule is O=C(CCCC(=O)NCc1cccc(-c2cccc([C@@H]3O[C@H](CN4CCCCCCC4)C[C@H](c4ccc(CO)cc4)O3)c2)c1)NO. The molecule has 0 aromatic heterocycles. The van der Waals surface area contributed by atoms with Crippen molar-refractivity contribution in [1.82, 2.24) is 15.7 Å². The molecule has 0 spiro atoms. The number of benzene rings is 3. The Morgan fingerprint density at radius 1 is 0.783 bits per heavy atom. The number of hydroxylamine groups is 1. The van der Waals surface area contributed by atoms with E-state index in [0.29, 0.717) is 13.0 Å². The van der Waals surface area contributed by atoms with Crippen molar-refractivity contribution in [2.24, 2.45) is 0 Å². The second-order valence-electron chi connectivity index (χ2n) is 12.4. The van der Waals surface area contributed by atoms with E-state index in [-0.39, 0.29) is 37.6 Å². The fourth-order valence-corrected chi connectivity index (χ4v) is 6.30. The molecule has 9 heteroatoms.